The van der Waals surface area contributed by atoms with Gasteiger partial charge in [0.1, 0.15) is 16.7 Å². The first-order valence-corrected chi connectivity index (χ1v) is 5.67. The van der Waals surface area contributed by atoms with E-state index in [4.69, 9.17) is 39.5 Å². The Morgan fingerprint density at radius 2 is 1.89 bits per heavy atom. The first-order valence-electron chi connectivity index (χ1n) is 4.53. The molecule has 0 spiro atoms. The Bertz CT molecular complexity index is 512. The van der Waals surface area contributed by atoms with Crippen molar-refractivity contribution in [2.45, 2.75) is 0 Å². The average molecular weight is 311 g/mol. The molecular weight excluding hydrogens is 304 g/mol. The fraction of sp³-hybridized carbons (Fsp3) is 0.100. The zero-order valence-corrected chi connectivity index (χ0v) is 11.0. The van der Waals surface area contributed by atoms with Crippen LogP contribution in [0.5, 0.6) is 0 Å². The maximum Gasteiger partial charge on any atom is 0.345 e. The molecule has 0 aliphatic rings. The fourth-order valence-electron chi connectivity index (χ4n) is 1.07. The summed E-state index contributed by atoms with van der Waals surface area (Å²) in [6, 6.07) is 5.40. The number of nitro benzene ring substituents is 1. The highest BCUT2D eigenvalue weighted by Crippen LogP contribution is 2.21. The van der Waals surface area contributed by atoms with Gasteiger partial charge >= 0.3 is 5.97 Å². The van der Waals surface area contributed by atoms with Crippen LogP contribution in [-0.4, -0.2) is 17.5 Å². The quantitative estimate of drug-likeness (QED) is 0.483. The highest BCUT2D eigenvalue weighted by atomic mass is 35.5. The van der Waals surface area contributed by atoms with Crippen molar-refractivity contribution in [2.24, 2.45) is 0 Å². The van der Waals surface area contributed by atoms with Gasteiger partial charge in [0.15, 0.2) is 0 Å². The molecule has 0 fully saturated rings. The van der Waals surface area contributed by atoms with Gasteiger partial charge in [-0.1, -0.05) is 46.9 Å². The number of hydrogen-bond donors (Lipinski definition) is 0. The molecule has 18 heavy (non-hydrogen) atoms. The van der Waals surface area contributed by atoms with E-state index in [1.807, 2.05) is 0 Å². The number of benzene rings is 1. The van der Waals surface area contributed by atoms with Gasteiger partial charge in [0.2, 0.25) is 0 Å². The summed E-state index contributed by atoms with van der Waals surface area (Å²) in [6.07, 6.45) is 0. The van der Waals surface area contributed by atoms with Gasteiger partial charge < -0.3 is 4.74 Å². The smallest absolute Gasteiger partial charge is 0.345 e. The molecule has 8 heteroatoms. The Morgan fingerprint density at radius 3 is 2.44 bits per heavy atom. The molecule has 1 aromatic rings. The van der Waals surface area contributed by atoms with Crippen molar-refractivity contribution in [1.29, 1.82) is 0 Å². The molecule has 5 nitrogen and oxygen atoms in total. The first-order chi connectivity index (χ1) is 8.43. The van der Waals surface area contributed by atoms with E-state index in [0.29, 0.717) is 0 Å². The van der Waals surface area contributed by atoms with E-state index >= 15 is 0 Å². The molecule has 0 saturated heterocycles. The van der Waals surface area contributed by atoms with Gasteiger partial charge in [-0.15, -0.1) is 0 Å². The molecular formula is C10H6Cl3NO4. The molecule has 96 valence electrons. The number of ether oxygens (including phenoxy) is 1. The maximum atomic E-state index is 11.6. The molecule has 1 rings (SSSR count). The minimum Gasteiger partial charge on any atom is -0.456 e. The lowest BCUT2D eigenvalue weighted by Crippen LogP contribution is -2.09. The zero-order chi connectivity index (χ0) is 13.7. The van der Waals surface area contributed by atoms with Crippen molar-refractivity contribution in [1.82, 2.24) is 0 Å². The summed E-state index contributed by atoms with van der Waals surface area (Å²) in [5.41, 5.74) is -0.516. The van der Waals surface area contributed by atoms with Crippen LogP contribution in [0.25, 0.3) is 0 Å². The Labute approximate surface area is 117 Å². The lowest BCUT2D eigenvalue weighted by atomic mass is 10.2. The molecule has 0 atom stereocenters. The average Bonchev–Trinajstić information content (AvgIpc) is 2.35. The molecule has 0 unspecified atom stereocenters. The first kappa shape index (κ1) is 14.8. The van der Waals surface area contributed by atoms with Crippen LogP contribution in [0, 0.1) is 10.1 Å². The number of rotatable bonds is 4. The lowest BCUT2D eigenvalue weighted by Gasteiger charge is -2.04. The van der Waals surface area contributed by atoms with Crippen LogP contribution in [0.2, 0.25) is 0 Å². The van der Waals surface area contributed by atoms with Crippen LogP contribution in [-0.2, 0) is 4.74 Å². The van der Waals surface area contributed by atoms with Crippen molar-refractivity contribution in [3.05, 3.63) is 49.5 Å². The number of hydrogen-bond acceptors (Lipinski definition) is 4. The minimum atomic E-state index is -0.880. The van der Waals surface area contributed by atoms with E-state index in [-0.39, 0.29) is 27.4 Å². The molecule has 0 saturated carbocycles. The van der Waals surface area contributed by atoms with Gasteiger partial charge in [-0.25, -0.2) is 4.79 Å². The third-order valence-electron chi connectivity index (χ3n) is 1.86. The van der Waals surface area contributed by atoms with E-state index < -0.39 is 10.9 Å². The second-order valence-corrected chi connectivity index (χ2v) is 4.42. The molecule has 0 N–H and O–H groups in total. The molecule has 0 bridgehead atoms. The van der Waals surface area contributed by atoms with Crippen molar-refractivity contribution in [3.63, 3.8) is 0 Å². The number of carbonyl (C=O) groups excluding carboxylic acids is 1. The van der Waals surface area contributed by atoms with Crippen molar-refractivity contribution >= 4 is 46.5 Å². The zero-order valence-electron chi connectivity index (χ0n) is 8.73. The highest BCUT2D eigenvalue weighted by molar-refractivity contribution is 6.59. The third kappa shape index (κ3) is 3.87. The van der Waals surface area contributed by atoms with E-state index in [1.54, 1.807) is 0 Å². The summed E-state index contributed by atoms with van der Waals surface area (Å²) in [5.74, 6) is -0.880. The second kappa shape index (κ2) is 6.58. The molecule has 0 aliphatic heterocycles. The number of halogens is 3. The molecule has 0 amide bonds. The standard InChI is InChI=1S/C10H6Cl3NO4/c11-7(9(12)13)5-18-10(15)6-3-1-2-4-8(6)14(16)17/h1-4H,5H2. The van der Waals surface area contributed by atoms with Crippen LogP contribution in [0.15, 0.2) is 33.8 Å². The van der Waals surface area contributed by atoms with Gasteiger partial charge in [-0.3, -0.25) is 10.1 Å². The molecule has 0 aliphatic carbocycles. The number of esters is 1. The summed E-state index contributed by atoms with van der Waals surface area (Å²) in [4.78, 5) is 21.6. The summed E-state index contributed by atoms with van der Waals surface area (Å²) in [5, 5.41) is 10.6. The van der Waals surface area contributed by atoms with E-state index in [1.165, 1.54) is 24.3 Å². The van der Waals surface area contributed by atoms with Gasteiger partial charge in [-0.2, -0.15) is 0 Å². The van der Waals surface area contributed by atoms with Crippen molar-refractivity contribution in [3.8, 4) is 0 Å². The van der Waals surface area contributed by atoms with E-state index in [9.17, 15) is 14.9 Å². The lowest BCUT2D eigenvalue weighted by molar-refractivity contribution is -0.385. The van der Waals surface area contributed by atoms with Crippen LogP contribution >= 0.6 is 34.8 Å². The van der Waals surface area contributed by atoms with Crippen LogP contribution < -0.4 is 0 Å². The topological polar surface area (TPSA) is 69.4 Å². The SMILES string of the molecule is O=C(OCC(Cl)=C(Cl)Cl)c1ccccc1[N+](=O)[O-]. The summed E-state index contributed by atoms with van der Waals surface area (Å²) in [6.45, 7) is -0.352. The van der Waals surface area contributed by atoms with Crippen molar-refractivity contribution < 1.29 is 14.5 Å². The molecule has 0 radical (unpaired) electrons. The van der Waals surface area contributed by atoms with Crippen LogP contribution in [0.1, 0.15) is 10.4 Å². The maximum absolute atomic E-state index is 11.6. The molecule has 0 aromatic heterocycles. The Balaban J connectivity index is 2.86. The van der Waals surface area contributed by atoms with Gasteiger partial charge in [0.25, 0.3) is 5.69 Å². The van der Waals surface area contributed by atoms with E-state index in [0.717, 1.165) is 0 Å². The largest absolute Gasteiger partial charge is 0.456 e. The highest BCUT2D eigenvalue weighted by Gasteiger charge is 2.20. The Hall–Kier alpha value is -1.30. The summed E-state index contributed by atoms with van der Waals surface area (Å²) in [7, 11) is 0. The van der Waals surface area contributed by atoms with Gasteiger partial charge in [-0.05, 0) is 6.07 Å². The van der Waals surface area contributed by atoms with Crippen molar-refractivity contribution in [2.75, 3.05) is 6.61 Å². The Morgan fingerprint density at radius 1 is 1.28 bits per heavy atom. The monoisotopic (exact) mass is 309 g/mol. The summed E-state index contributed by atoms with van der Waals surface area (Å²) >= 11 is 16.3. The van der Waals surface area contributed by atoms with Gasteiger partial charge in [0, 0.05) is 6.07 Å². The minimum absolute atomic E-state index is 0.0646. The Kier molecular flexibility index (Phi) is 5.40. The van der Waals surface area contributed by atoms with E-state index in [2.05, 4.69) is 0 Å². The fourth-order valence-corrected chi connectivity index (χ4v) is 1.23. The summed E-state index contributed by atoms with van der Waals surface area (Å²) < 4.78 is 4.51. The third-order valence-corrected chi connectivity index (χ3v) is 2.80. The number of para-hydroxylation sites is 1. The van der Waals surface area contributed by atoms with Crippen LogP contribution in [0.3, 0.4) is 0 Å². The molecule has 1 aromatic carbocycles. The van der Waals surface area contributed by atoms with Gasteiger partial charge in [0.05, 0.1) is 9.96 Å². The predicted octanol–water partition coefficient (Wildman–Crippen LogP) is 3.64. The number of carbonyl (C=O) groups is 1. The van der Waals surface area contributed by atoms with Crippen LogP contribution in [0.4, 0.5) is 5.69 Å². The second-order valence-electron chi connectivity index (χ2n) is 3.02. The number of nitrogens with zero attached hydrogens (tertiary/aromatic N) is 1. The molecule has 0 heterocycles. The predicted molar refractivity (Wildman–Crippen MR) is 68.0 cm³/mol. The number of nitro groups is 1. The normalized spacial score (nSPS) is 9.72.